The molecule has 3 aliphatic heterocycles. The monoisotopic (exact) mass is 512 g/mol. The molecule has 6 N–H and O–H groups in total. The van der Waals surface area contributed by atoms with Crippen molar-refractivity contribution in [3.05, 3.63) is 0 Å². The van der Waals surface area contributed by atoms with Crippen molar-refractivity contribution in [2.24, 2.45) is 11.8 Å². The Morgan fingerprint density at radius 3 is 2.47 bits per heavy atom. The molecule has 0 aromatic heterocycles. The summed E-state index contributed by atoms with van der Waals surface area (Å²) in [5.41, 5.74) is 0. The van der Waals surface area contributed by atoms with Gasteiger partial charge in [-0.15, -0.1) is 0 Å². The van der Waals surface area contributed by atoms with E-state index in [2.05, 4.69) is 36.8 Å². The van der Waals surface area contributed by atoms with Crippen molar-refractivity contribution in [3.8, 4) is 0 Å². The second kappa shape index (κ2) is 12.9. The number of halogens is 1. The van der Waals surface area contributed by atoms with Gasteiger partial charge in [0, 0.05) is 78.9 Å². The van der Waals surface area contributed by atoms with Crippen LogP contribution in [0, 0.1) is 11.8 Å². The van der Waals surface area contributed by atoms with Crippen LogP contribution < -0.4 is 31.9 Å². The zero-order chi connectivity index (χ0) is 25.7. The van der Waals surface area contributed by atoms with Crippen LogP contribution in [0.1, 0.15) is 32.6 Å². The molecule has 206 valence electrons. The molecule has 0 aromatic carbocycles. The lowest BCUT2D eigenvalue weighted by atomic mass is 9.80. The fourth-order valence-corrected chi connectivity index (χ4v) is 6.30. The highest BCUT2D eigenvalue weighted by Gasteiger charge is 2.43. The van der Waals surface area contributed by atoms with Crippen molar-refractivity contribution in [2.45, 2.75) is 69.5 Å². The summed E-state index contributed by atoms with van der Waals surface area (Å²) in [5, 5.41) is 20.4. The lowest BCUT2D eigenvalue weighted by molar-refractivity contribution is -0.129. The first-order valence-electron chi connectivity index (χ1n) is 13.5. The molecule has 11 nitrogen and oxygen atoms in total. The van der Waals surface area contributed by atoms with Gasteiger partial charge >= 0.3 is 0 Å². The quantitative estimate of drug-likeness (QED) is 0.248. The molecule has 6 atom stereocenters. The topological polar surface area (TPSA) is 122 Å². The van der Waals surface area contributed by atoms with Crippen LogP contribution in [0.15, 0.2) is 0 Å². The van der Waals surface area contributed by atoms with Crippen molar-refractivity contribution in [3.63, 3.8) is 0 Å². The lowest BCUT2D eigenvalue weighted by Gasteiger charge is -2.47. The summed E-state index contributed by atoms with van der Waals surface area (Å²) < 4.78 is 19.7. The maximum atomic E-state index is 13.7. The van der Waals surface area contributed by atoms with Crippen LogP contribution in [-0.4, -0.2) is 119 Å². The highest BCUT2D eigenvalue weighted by atomic mass is 19.1. The third kappa shape index (κ3) is 6.53. The Hall–Kier alpha value is -1.41. The van der Waals surface area contributed by atoms with E-state index in [1.807, 2.05) is 4.90 Å². The lowest BCUT2D eigenvalue weighted by Crippen LogP contribution is -2.72. The zero-order valence-corrected chi connectivity index (χ0v) is 21.9. The molecule has 6 unspecified atom stereocenters. The van der Waals surface area contributed by atoms with Crippen LogP contribution in [0.3, 0.4) is 0 Å². The molecule has 4 aliphatic rings. The molecule has 0 radical (unpaired) electrons. The Morgan fingerprint density at radius 1 is 1.00 bits per heavy atom. The zero-order valence-electron chi connectivity index (χ0n) is 21.9. The summed E-state index contributed by atoms with van der Waals surface area (Å²) in [6.45, 7) is 5.98. The van der Waals surface area contributed by atoms with Crippen molar-refractivity contribution >= 4 is 11.8 Å². The normalized spacial score (nSPS) is 38.8. The van der Waals surface area contributed by atoms with E-state index in [0.29, 0.717) is 26.2 Å². The van der Waals surface area contributed by atoms with Crippen molar-refractivity contribution in [2.75, 3.05) is 60.0 Å². The smallest absolute Gasteiger partial charge is 0.227 e. The largest absolute Gasteiger partial charge is 0.379 e. The molecule has 4 fully saturated rings. The first-order valence-corrected chi connectivity index (χ1v) is 13.5. The van der Waals surface area contributed by atoms with Gasteiger partial charge in [0.2, 0.25) is 11.8 Å². The van der Waals surface area contributed by atoms with Gasteiger partial charge in [-0.1, -0.05) is 6.42 Å². The SMILES string of the molecule is CNC(=O)C1CNC(N2CCCN(C(C)=O)CC2)NC1NC1CCCC(C2NCC(F)CN2)C1OC. The average molecular weight is 513 g/mol. The van der Waals surface area contributed by atoms with E-state index >= 15 is 0 Å². The van der Waals surface area contributed by atoms with E-state index in [1.165, 1.54) is 0 Å². The Bertz CT molecular complexity index is 740. The number of hydrogen-bond acceptors (Lipinski definition) is 9. The van der Waals surface area contributed by atoms with Crippen LogP contribution in [-0.2, 0) is 14.3 Å². The number of nitrogens with zero attached hydrogens (tertiary/aromatic N) is 2. The summed E-state index contributed by atoms with van der Waals surface area (Å²) in [7, 11) is 3.41. The molecule has 0 bridgehead atoms. The fraction of sp³-hybridized carbons (Fsp3) is 0.917. The van der Waals surface area contributed by atoms with Crippen LogP contribution in [0.25, 0.3) is 0 Å². The molecule has 3 heterocycles. The maximum Gasteiger partial charge on any atom is 0.227 e. The highest BCUT2D eigenvalue weighted by molar-refractivity contribution is 5.79. The number of ether oxygens (including phenoxy) is 1. The molecule has 0 aromatic rings. The molecule has 1 saturated carbocycles. The number of hydrogen-bond donors (Lipinski definition) is 6. The number of alkyl halides is 1. The molecule has 1 aliphatic carbocycles. The van der Waals surface area contributed by atoms with Crippen molar-refractivity contribution in [1.82, 2.24) is 41.7 Å². The Balaban J connectivity index is 1.43. The van der Waals surface area contributed by atoms with Gasteiger partial charge in [-0.2, -0.15) is 0 Å². The molecule has 2 amide bonds. The van der Waals surface area contributed by atoms with Gasteiger partial charge in [0.1, 0.15) is 12.5 Å². The number of amides is 2. The Labute approximate surface area is 214 Å². The standard InChI is InChI=1S/C24H45FN8O3/c1-15(34)32-8-5-9-33(11-10-32)24-29-14-18(23(35)26-2)22(31-24)30-19-7-4-6-17(20(19)36-3)21-27-12-16(25)13-28-21/h16-22,24,27-31H,4-14H2,1-3H3,(H,26,35). The summed E-state index contributed by atoms with van der Waals surface area (Å²) >= 11 is 0. The summed E-state index contributed by atoms with van der Waals surface area (Å²) in [4.78, 5) is 28.9. The summed E-state index contributed by atoms with van der Waals surface area (Å²) in [6.07, 6.45) is 2.62. The van der Waals surface area contributed by atoms with Crippen LogP contribution in [0.4, 0.5) is 4.39 Å². The van der Waals surface area contributed by atoms with Gasteiger partial charge in [0.05, 0.1) is 24.4 Å². The third-order valence-electron chi connectivity index (χ3n) is 8.28. The van der Waals surface area contributed by atoms with E-state index in [-0.39, 0.29) is 54.4 Å². The molecule has 3 saturated heterocycles. The first kappa shape index (κ1) is 27.6. The Kier molecular flexibility index (Phi) is 9.90. The number of methoxy groups -OCH3 is 1. The van der Waals surface area contributed by atoms with Crippen LogP contribution >= 0.6 is 0 Å². The molecular formula is C24H45FN8O3. The van der Waals surface area contributed by atoms with Crippen LogP contribution in [0.5, 0.6) is 0 Å². The Morgan fingerprint density at radius 2 is 1.78 bits per heavy atom. The fourth-order valence-electron chi connectivity index (χ4n) is 6.30. The summed E-state index contributed by atoms with van der Waals surface area (Å²) in [5.74, 6) is 0.00789. The molecule has 12 heteroatoms. The van der Waals surface area contributed by atoms with E-state index < -0.39 is 6.17 Å². The molecule has 0 spiro atoms. The minimum atomic E-state index is -0.870. The predicted molar refractivity (Wildman–Crippen MR) is 134 cm³/mol. The second-order valence-corrected chi connectivity index (χ2v) is 10.5. The van der Waals surface area contributed by atoms with E-state index in [4.69, 9.17) is 4.74 Å². The molecule has 36 heavy (non-hydrogen) atoms. The number of carbonyl (C=O) groups is 2. The summed E-state index contributed by atoms with van der Waals surface area (Å²) in [6, 6.07) is 0.0567. The number of carbonyl (C=O) groups excluding carboxylic acids is 2. The average Bonchev–Trinajstić information content (AvgIpc) is 3.15. The first-order chi connectivity index (χ1) is 17.4. The third-order valence-corrected chi connectivity index (χ3v) is 8.28. The van der Waals surface area contributed by atoms with E-state index in [9.17, 15) is 14.0 Å². The van der Waals surface area contributed by atoms with Gasteiger partial charge < -0.3 is 15.0 Å². The highest BCUT2D eigenvalue weighted by Crippen LogP contribution is 2.30. The van der Waals surface area contributed by atoms with Crippen LogP contribution in [0.2, 0.25) is 0 Å². The van der Waals surface area contributed by atoms with Gasteiger partial charge in [-0.25, -0.2) is 4.39 Å². The van der Waals surface area contributed by atoms with Gasteiger partial charge in [0.25, 0.3) is 0 Å². The van der Waals surface area contributed by atoms with Gasteiger partial charge in [-0.05, 0) is 19.3 Å². The number of nitrogens with one attached hydrogen (secondary N) is 6. The van der Waals surface area contributed by atoms with E-state index in [0.717, 1.165) is 45.3 Å². The van der Waals surface area contributed by atoms with E-state index in [1.54, 1.807) is 21.1 Å². The molecular weight excluding hydrogens is 467 g/mol. The number of rotatable bonds is 6. The minimum absolute atomic E-state index is 0.0105. The second-order valence-electron chi connectivity index (χ2n) is 10.5. The van der Waals surface area contributed by atoms with Gasteiger partial charge in [-0.3, -0.25) is 41.1 Å². The van der Waals surface area contributed by atoms with Crippen molar-refractivity contribution in [1.29, 1.82) is 0 Å². The minimum Gasteiger partial charge on any atom is -0.379 e. The van der Waals surface area contributed by atoms with Crippen molar-refractivity contribution < 1.29 is 18.7 Å². The molecule has 4 rings (SSSR count). The predicted octanol–water partition coefficient (Wildman–Crippen LogP) is -1.66. The maximum absolute atomic E-state index is 13.7. The van der Waals surface area contributed by atoms with Gasteiger partial charge in [0.15, 0.2) is 0 Å².